The summed E-state index contributed by atoms with van der Waals surface area (Å²) < 4.78 is 37.0. The first-order valence-corrected chi connectivity index (χ1v) is 9.23. The van der Waals surface area contributed by atoms with Crippen LogP contribution in [-0.2, 0) is 9.59 Å². The summed E-state index contributed by atoms with van der Waals surface area (Å²) in [5, 5.41) is 4.70. The van der Waals surface area contributed by atoms with Gasteiger partial charge in [0.25, 0.3) is 0 Å². The van der Waals surface area contributed by atoms with Gasteiger partial charge in [-0.2, -0.15) is 13.2 Å². The van der Waals surface area contributed by atoms with Crippen molar-refractivity contribution in [3.8, 4) is 0 Å². The first kappa shape index (κ1) is 18.5. The number of nitrogens with one attached hydrogen (secondary N) is 2. The third-order valence-electron chi connectivity index (χ3n) is 6.22. The van der Waals surface area contributed by atoms with Crippen LogP contribution >= 0.6 is 0 Å². The van der Waals surface area contributed by atoms with E-state index in [0.29, 0.717) is 17.8 Å². The minimum atomic E-state index is -4.46. The average molecular weight is 360 g/mol. The summed E-state index contributed by atoms with van der Waals surface area (Å²) in [5.74, 6) is 0.611. The van der Waals surface area contributed by atoms with Gasteiger partial charge in [-0.25, -0.2) is 0 Å². The molecular weight excluding hydrogens is 333 g/mol. The van der Waals surface area contributed by atoms with Crippen LogP contribution in [0.3, 0.4) is 0 Å². The van der Waals surface area contributed by atoms with Gasteiger partial charge in [-0.15, -0.1) is 0 Å². The lowest BCUT2D eigenvalue weighted by atomic mass is 9.49. The highest BCUT2D eigenvalue weighted by Crippen LogP contribution is 2.60. The molecule has 0 radical (unpaired) electrons. The third-order valence-corrected chi connectivity index (χ3v) is 6.22. The number of carbonyl (C=O) groups is 2. The second-order valence-corrected chi connectivity index (χ2v) is 8.73. The minimum absolute atomic E-state index is 0.132. The fraction of sp³-hybridized carbons (Fsp3) is 0.889. The van der Waals surface area contributed by atoms with Crippen LogP contribution in [0.4, 0.5) is 13.2 Å². The van der Waals surface area contributed by atoms with Crippen molar-refractivity contribution in [3.63, 3.8) is 0 Å². The van der Waals surface area contributed by atoms with Gasteiger partial charge in [0.1, 0.15) is 12.6 Å². The van der Waals surface area contributed by atoms with E-state index in [1.165, 1.54) is 19.3 Å². The highest BCUT2D eigenvalue weighted by molar-refractivity contribution is 5.90. The molecule has 0 saturated heterocycles. The van der Waals surface area contributed by atoms with E-state index >= 15 is 0 Å². The molecular formula is C18H27F3N2O2. The molecule has 0 spiro atoms. The van der Waals surface area contributed by atoms with Gasteiger partial charge in [0.05, 0.1) is 0 Å². The number of amides is 2. The van der Waals surface area contributed by atoms with Crippen molar-refractivity contribution < 1.29 is 22.8 Å². The summed E-state index contributed by atoms with van der Waals surface area (Å²) in [6.45, 7) is 2.10. The van der Waals surface area contributed by atoms with E-state index in [9.17, 15) is 22.8 Å². The number of alkyl halides is 3. The number of hydrogen-bond acceptors (Lipinski definition) is 2. The van der Waals surface area contributed by atoms with Crippen molar-refractivity contribution in [1.29, 1.82) is 0 Å². The lowest BCUT2D eigenvalue weighted by molar-refractivity contribution is -0.150. The van der Waals surface area contributed by atoms with E-state index in [-0.39, 0.29) is 11.8 Å². The van der Waals surface area contributed by atoms with Crippen LogP contribution in [0, 0.1) is 29.1 Å². The molecule has 4 bridgehead atoms. The predicted octanol–water partition coefficient (Wildman–Crippen LogP) is 3.02. The molecule has 142 valence electrons. The smallest absolute Gasteiger partial charge is 0.345 e. The monoisotopic (exact) mass is 360 g/mol. The number of hydrogen-bond donors (Lipinski definition) is 2. The van der Waals surface area contributed by atoms with Gasteiger partial charge < -0.3 is 10.6 Å². The molecule has 2 amide bonds. The third kappa shape index (κ3) is 3.95. The number of rotatable bonds is 5. The topological polar surface area (TPSA) is 58.2 Å². The fourth-order valence-electron chi connectivity index (χ4n) is 5.52. The molecule has 4 aliphatic rings. The Morgan fingerprint density at radius 2 is 1.52 bits per heavy atom. The van der Waals surface area contributed by atoms with Gasteiger partial charge in [0, 0.05) is 5.41 Å². The molecule has 4 rings (SSSR count). The maximum absolute atomic E-state index is 13.0. The molecule has 4 aliphatic carbocycles. The van der Waals surface area contributed by atoms with E-state index in [1.807, 2.05) is 5.32 Å². The zero-order chi connectivity index (χ0) is 18.4. The van der Waals surface area contributed by atoms with Crippen LogP contribution in [0.2, 0.25) is 0 Å². The zero-order valence-corrected chi connectivity index (χ0v) is 14.8. The van der Waals surface area contributed by atoms with Crippen LogP contribution in [0.1, 0.15) is 52.4 Å². The standard InChI is InChI=1S/C18H27F3N2O2/c1-10(2)14(15(24)22-9-18(19,20)21)23-16(25)17-6-11-3-12(7-17)5-13(4-11)8-17/h10-14H,3-9H2,1-2H3,(H,22,24)(H,23,25). The zero-order valence-electron chi connectivity index (χ0n) is 14.8. The Morgan fingerprint density at radius 3 is 1.92 bits per heavy atom. The minimum Gasteiger partial charge on any atom is -0.345 e. The van der Waals surface area contributed by atoms with E-state index < -0.39 is 30.1 Å². The molecule has 4 nitrogen and oxygen atoms in total. The summed E-state index contributed by atoms with van der Waals surface area (Å²) >= 11 is 0. The van der Waals surface area contributed by atoms with Crippen molar-refractivity contribution >= 4 is 11.8 Å². The van der Waals surface area contributed by atoms with E-state index in [2.05, 4.69) is 5.32 Å². The van der Waals surface area contributed by atoms with Crippen molar-refractivity contribution in [2.45, 2.75) is 64.6 Å². The summed E-state index contributed by atoms with van der Waals surface area (Å²) in [7, 11) is 0. The maximum atomic E-state index is 13.0. The highest BCUT2D eigenvalue weighted by atomic mass is 19.4. The van der Waals surface area contributed by atoms with Gasteiger partial charge in [0.15, 0.2) is 0 Å². The van der Waals surface area contributed by atoms with Crippen molar-refractivity contribution in [3.05, 3.63) is 0 Å². The molecule has 0 aromatic carbocycles. The SMILES string of the molecule is CC(C)C(NC(=O)C12CC3CC(CC(C3)C1)C2)C(=O)NCC(F)(F)F. The summed E-state index contributed by atoms with van der Waals surface area (Å²) in [5.41, 5.74) is -0.411. The lowest BCUT2D eigenvalue weighted by Gasteiger charge is -2.55. The molecule has 4 saturated carbocycles. The Balaban J connectivity index is 1.66. The Hall–Kier alpha value is -1.27. The molecule has 1 unspecified atom stereocenters. The van der Waals surface area contributed by atoms with Gasteiger partial charge in [0.2, 0.25) is 11.8 Å². The first-order chi connectivity index (χ1) is 11.6. The average Bonchev–Trinajstić information content (AvgIpc) is 2.47. The van der Waals surface area contributed by atoms with Gasteiger partial charge in [-0.1, -0.05) is 13.8 Å². The second kappa shape index (κ2) is 6.47. The second-order valence-electron chi connectivity index (χ2n) is 8.73. The Morgan fingerprint density at radius 1 is 1.04 bits per heavy atom. The lowest BCUT2D eigenvalue weighted by Crippen LogP contribution is -2.58. The summed E-state index contributed by atoms with van der Waals surface area (Å²) in [4.78, 5) is 25.2. The summed E-state index contributed by atoms with van der Waals surface area (Å²) in [6.07, 6.45) is 1.73. The Bertz CT molecular complexity index is 510. The van der Waals surface area contributed by atoms with Crippen LogP contribution in [0.15, 0.2) is 0 Å². The molecule has 0 aromatic rings. The Labute approximate surface area is 146 Å². The number of halogens is 3. The van der Waals surface area contributed by atoms with Crippen LogP contribution in [0.25, 0.3) is 0 Å². The van der Waals surface area contributed by atoms with E-state index in [4.69, 9.17) is 0 Å². The summed E-state index contributed by atoms with van der Waals surface area (Å²) in [6, 6.07) is -0.928. The highest BCUT2D eigenvalue weighted by Gasteiger charge is 2.55. The van der Waals surface area contributed by atoms with Crippen LogP contribution < -0.4 is 10.6 Å². The van der Waals surface area contributed by atoms with E-state index in [1.54, 1.807) is 13.8 Å². The molecule has 0 aliphatic heterocycles. The van der Waals surface area contributed by atoms with Crippen molar-refractivity contribution in [2.75, 3.05) is 6.54 Å². The molecule has 7 heteroatoms. The van der Waals surface area contributed by atoms with Gasteiger partial charge in [-0.05, 0) is 62.2 Å². The van der Waals surface area contributed by atoms with Gasteiger partial charge in [-0.3, -0.25) is 9.59 Å². The molecule has 4 fully saturated rings. The molecule has 25 heavy (non-hydrogen) atoms. The fourth-order valence-corrected chi connectivity index (χ4v) is 5.52. The predicted molar refractivity (Wildman–Crippen MR) is 86.4 cm³/mol. The normalized spacial score (nSPS) is 34.9. The van der Waals surface area contributed by atoms with E-state index in [0.717, 1.165) is 19.3 Å². The first-order valence-electron chi connectivity index (χ1n) is 9.23. The molecule has 2 N–H and O–H groups in total. The van der Waals surface area contributed by atoms with Gasteiger partial charge >= 0.3 is 6.18 Å². The van der Waals surface area contributed by atoms with Crippen LogP contribution in [0.5, 0.6) is 0 Å². The quantitative estimate of drug-likeness (QED) is 0.792. The largest absolute Gasteiger partial charge is 0.405 e. The van der Waals surface area contributed by atoms with Crippen LogP contribution in [-0.4, -0.2) is 30.6 Å². The maximum Gasteiger partial charge on any atom is 0.405 e. The Kier molecular flexibility index (Phi) is 4.79. The molecule has 0 aromatic heterocycles. The molecule has 0 heterocycles. The van der Waals surface area contributed by atoms with Crippen molar-refractivity contribution in [1.82, 2.24) is 10.6 Å². The molecule has 1 atom stereocenters. The van der Waals surface area contributed by atoms with Crippen molar-refractivity contribution in [2.24, 2.45) is 29.1 Å². The number of carbonyl (C=O) groups excluding carboxylic acids is 2.